The van der Waals surface area contributed by atoms with E-state index in [1.54, 1.807) is 17.9 Å². The highest BCUT2D eigenvalue weighted by atomic mass is 79.9. The number of rotatable bonds is 1. The molecule has 1 heterocycles. The van der Waals surface area contributed by atoms with E-state index in [1.165, 1.54) is 12.3 Å². The predicted octanol–water partition coefficient (Wildman–Crippen LogP) is 3.87. The molecule has 0 amide bonds. The van der Waals surface area contributed by atoms with Crippen LogP contribution in [0.3, 0.4) is 0 Å². The Hall–Kier alpha value is -1.30. The van der Waals surface area contributed by atoms with Crippen molar-refractivity contribution in [3.63, 3.8) is 0 Å². The summed E-state index contributed by atoms with van der Waals surface area (Å²) in [4.78, 5) is 3.89. The number of hydrogen-bond donors (Lipinski definition) is 0. The Morgan fingerprint density at radius 2 is 2.00 bits per heavy atom. The third kappa shape index (κ3) is 2.36. The lowest BCUT2D eigenvalue weighted by Gasteiger charge is -2.10. The lowest BCUT2D eigenvalue weighted by atomic mass is 10.1. The van der Waals surface area contributed by atoms with E-state index in [1.807, 2.05) is 0 Å². The zero-order chi connectivity index (χ0) is 12.6. The Bertz CT molecular complexity index is 546. The van der Waals surface area contributed by atoms with Crippen molar-refractivity contribution in [3.05, 3.63) is 40.8 Å². The lowest BCUT2D eigenvalue weighted by Crippen LogP contribution is -2.05. The van der Waals surface area contributed by atoms with Crippen LogP contribution in [0, 0.1) is 0 Å². The molecule has 90 valence electrons. The van der Waals surface area contributed by atoms with Crippen LogP contribution in [0.15, 0.2) is 35.2 Å². The molecular weight excluding hydrogens is 297 g/mol. The van der Waals surface area contributed by atoms with Gasteiger partial charge >= 0.3 is 6.18 Å². The van der Waals surface area contributed by atoms with E-state index in [4.69, 9.17) is 0 Å². The van der Waals surface area contributed by atoms with Gasteiger partial charge in [-0.1, -0.05) is 15.9 Å². The fourth-order valence-electron chi connectivity index (χ4n) is 1.51. The molecule has 0 aliphatic carbocycles. The van der Waals surface area contributed by atoms with Crippen molar-refractivity contribution in [3.8, 4) is 11.3 Å². The van der Waals surface area contributed by atoms with Crippen LogP contribution in [0.4, 0.5) is 13.2 Å². The van der Waals surface area contributed by atoms with Gasteiger partial charge in [0.15, 0.2) is 0 Å². The quantitative estimate of drug-likeness (QED) is 0.782. The van der Waals surface area contributed by atoms with Crippen LogP contribution in [-0.2, 0) is 13.2 Å². The molecule has 2 rings (SSSR count). The number of aromatic nitrogens is 2. The lowest BCUT2D eigenvalue weighted by molar-refractivity contribution is -0.137. The molecule has 0 radical (unpaired) electrons. The molecule has 1 aromatic carbocycles. The van der Waals surface area contributed by atoms with Gasteiger partial charge in [-0.05, 0) is 18.2 Å². The topological polar surface area (TPSA) is 17.8 Å². The normalized spacial score (nSPS) is 11.8. The van der Waals surface area contributed by atoms with Crippen molar-refractivity contribution in [1.29, 1.82) is 0 Å². The number of benzene rings is 1. The summed E-state index contributed by atoms with van der Waals surface area (Å²) in [6, 6.07) is 3.55. The summed E-state index contributed by atoms with van der Waals surface area (Å²) >= 11 is 3.24. The minimum atomic E-state index is -4.34. The molecule has 0 atom stereocenters. The van der Waals surface area contributed by atoms with E-state index in [0.29, 0.717) is 15.7 Å². The predicted molar refractivity (Wildman–Crippen MR) is 61.3 cm³/mol. The van der Waals surface area contributed by atoms with Gasteiger partial charge in [0.25, 0.3) is 0 Å². The maximum absolute atomic E-state index is 12.6. The molecule has 0 spiro atoms. The molecular formula is C11H8BrF3N2. The molecule has 0 aliphatic rings. The van der Waals surface area contributed by atoms with Gasteiger partial charge in [0.2, 0.25) is 0 Å². The minimum Gasteiger partial charge on any atom is -0.334 e. The summed E-state index contributed by atoms with van der Waals surface area (Å²) < 4.78 is 40.1. The third-order valence-corrected chi connectivity index (χ3v) is 3.08. The van der Waals surface area contributed by atoms with Crippen molar-refractivity contribution in [2.24, 2.45) is 7.05 Å². The van der Waals surface area contributed by atoms with Crippen LogP contribution in [0.1, 0.15) is 5.56 Å². The van der Waals surface area contributed by atoms with Crippen molar-refractivity contribution >= 4 is 15.9 Å². The van der Waals surface area contributed by atoms with Gasteiger partial charge in [-0.25, -0.2) is 4.98 Å². The molecule has 2 nitrogen and oxygen atoms in total. The van der Waals surface area contributed by atoms with Crippen LogP contribution < -0.4 is 0 Å². The molecule has 2 aromatic rings. The minimum absolute atomic E-state index is 0.472. The highest BCUT2D eigenvalue weighted by Crippen LogP contribution is 2.35. The van der Waals surface area contributed by atoms with Gasteiger partial charge in [-0.15, -0.1) is 0 Å². The van der Waals surface area contributed by atoms with Gasteiger partial charge in [0.05, 0.1) is 23.8 Å². The Morgan fingerprint density at radius 3 is 2.53 bits per heavy atom. The van der Waals surface area contributed by atoms with Gasteiger partial charge in [-0.3, -0.25) is 0 Å². The first-order valence-corrected chi connectivity index (χ1v) is 5.52. The number of aryl methyl sites for hydroxylation is 1. The molecule has 0 saturated carbocycles. The standard InChI is InChI=1S/C11H8BrF3N2/c1-17-6-16-5-10(17)8-4-7(11(13,14)15)2-3-9(8)12/h2-6H,1H3. The maximum atomic E-state index is 12.6. The van der Waals surface area contributed by atoms with E-state index in [0.717, 1.165) is 12.1 Å². The Kier molecular flexibility index (Phi) is 2.99. The first-order valence-electron chi connectivity index (χ1n) is 4.73. The average Bonchev–Trinajstić information content (AvgIpc) is 2.63. The molecule has 0 unspecified atom stereocenters. The summed E-state index contributed by atoms with van der Waals surface area (Å²) in [5.41, 5.74) is 0.430. The summed E-state index contributed by atoms with van der Waals surface area (Å²) in [6.45, 7) is 0. The number of nitrogens with zero attached hydrogens (tertiary/aromatic N) is 2. The number of hydrogen-bond acceptors (Lipinski definition) is 1. The SMILES string of the molecule is Cn1cncc1-c1cc(C(F)(F)F)ccc1Br. The van der Waals surface area contributed by atoms with Gasteiger partial charge < -0.3 is 4.57 Å². The molecule has 0 saturated heterocycles. The Balaban J connectivity index is 2.58. The first-order chi connectivity index (χ1) is 7.89. The van der Waals surface area contributed by atoms with Crippen molar-refractivity contribution in [2.45, 2.75) is 6.18 Å². The van der Waals surface area contributed by atoms with Gasteiger partial charge in [-0.2, -0.15) is 13.2 Å². The maximum Gasteiger partial charge on any atom is 0.416 e. The molecule has 1 aromatic heterocycles. The summed E-state index contributed by atoms with van der Waals surface area (Å²) in [5, 5.41) is 0. The molecule has 6 heteroatoms. The molecule has 0 fully saturated rings. The van der Waals surface area contributed by atoms with Crippen LogP contribution in [0.25, 0.3) is 11.3 Å². The zero-order valence-corrected chi connectivity index (χ0v) is 10.4. The van der Waals surface area contributed by atoms with Crippen molar-refractivity contribution in [2.75, 3.05) is 0 Å². The second kappa shape index (κ2) is 4.18. The van der Waals surface area contributed by atoms with Crippen LogP contribution in [-0.4, -0.2) is 9.55 Å². The molecule has 0 aliphatic heterocycles. The molecule has 0 N–H and O–H groups in total. The molecule has 0 bridgehead atoms. The number of imidazole rings is 1. The van der Waals surface area contributed by atoms with Gasteiger partial charge in [0, 0.05) is 17.1 Å². The van der Waals surface area contributed by atoms with E-state index in [2.05, 4.69) is 20.9 Å². The van der Waals surface area contributed by atoms with E-state index >= 15 is 0 Å². The van der Waals surface area contributed by atoms with Crippen molar-refractivity contribution < 1.29 is 13.2 Å². The number of halogens is 4. The summed E-state index contributed by atoms with van der Waals surface area (Å²) in [6.07, 6.45) is -1.27. The monoisotopic (exact) mass is 304 g/mol. The second-order valence-corrected chi connectivity index (χ2v) is 4.44. The van der Waals surface area contributed by atoms with Gasteiger partial charge in [0.1, 0.15) is 0 Å². The van der Waals surface area contributed by atoms with Crippen LogP contribution in [0.2, 0.25) is 0 Å². The summed E-state index contributed by atoms with van der Waals surface area (Å²) in [5.74, 6) is 0. The Morgan fingerprint density at radius 1 is 1.29 bits per heavy atom. The van der Waals surface area contributed by atoms with Crippen molar-refractivity contribution in [1.82, 2.24) is 9.55 Å². The fraction of sp³-hybridized carbons (Fsp3) is 0.182. The van der Waals surface area contributed by atoms with E-state index in [-0.39, 0.29) is 0 Å². The highest BCUT2D eigenvalue weighted by Gasteiger charge is 2.31. The summed E-state index contributed by atoms with van der Waals surface area (Å²) in [7, 11) is 1.73. The third-order valence-electron chi connectivity index (χ3n) is 2.39. The smallest absolute Gasteiger partial charge is 0.334 e. The second-order valence-electron chi connectivity index (χ2n) is 3.58. The molecule has 17 heavy (non-hydrogen) atoms. The van der Waals surface area contributed by atoms with E-state index in [9.17, 15) is 13.2 Å². The van der Waals surface area contributed by atoms with E-state index < -0.39 is 11.7 Å². The zero-order valence-electron chi connectivity index (χ0n) is 8.79. The number of alkyl halides is 3. The Labute approximate surface area is 104 Å². The van der Waals surface area contributed by atoms with Crippen LogP contribution >= 0.6 is 15.9 Å². The average molecular weight is 305 g/mol. The largest absolute Gasteiger partial charge is 0.416 e. The first kappa shape index (κ1) is 12.2. The highest BCUT2D eigenvalue weighted by molar-refractivity contribution is 9.10. The fourth-order valence-corrected chi connectivity index (χ4v) is 1.96. The van der Waals surface area contributed by atoms with Crippen LogP contribution in [0.5, 0.6) is 0 Å².